The summed E-state index contributed by atoms with van der Waals surface area (Å²) in [5.41, 5.74) is 3.74. The predicted molar refractivity (Wildman–Crippen MR) is 66.3 cm³/mol. The van der Waals surface area contributed by atoms with Crippen LogP contribution in [0.3, 0.4) is 0 Å². The second kappa shape index (κ2) is 6.24. The van der Waals surface area contributed by atoms with Crippen molar-refractivity contribution in [2.75, 3.05) is 11.2 Å². The van der Waals surface area contributed by atoms with Crippen LogP contribution in [0.2, 0.25) is 0 Å². The monoisotopic (exact) mass is 222 g/mol. The van der Waals surface area contributed by atoms with E-state index in [9.17, 15) is 4.79 Å². The fraction of sp³-hybridized carbons (Fsp3) is 0.273. The largest absolute Gasteiger partial charge is 0.292 e. The fourth-order valence-electron chi connectivity index (χ4n) is 0.977. The van der Waals surface area contributed by atoms with Gasteiger partial charge in [0.05, 0.1) is 5.69 Å². The van der Waals surface area contributed by atoms with Crippen LogP contribution in [0.1, 0.15) is 13.8 Å². The number of carbonyl (C=O) groups excluding carboxylic acids is 1. The first-order valence-electron chi connectivity index (χ1n) is 4.76. The minimum atomic E-state index is -0.00900. The zero-order valence-corrected chi connectivity index (χ0v) is 9.67. The number of nitrogens with one attached hydrogen (secondary N) is 1. The lowest BCUT2D eigenvalue weighted by molar-refractivity contribution is -0.110. The Hall–Kier alpha value is -1.29. The molecule has 0 aliphatic carbocycles. The Balaban J connectivity index is 2.65. The van der Waals surface area contributed by atoms with Gasteiger partial charge in [0, 0.05) is 6.92 Å². The van der Waals surface area contributed by atoms with Crippen molar-refractivity contribution in [3.8, 4) is 0 Å². The molecule has 1 aromatic rings. The molecule has 3 nitrogen and oxygen atoms in total. The van der Waals surface area contributed by atoms with Crippen molar-refractivity contribution in [2.45, 2.75) is 13.8 Å². The van der Waals surface area contributed by atoms with Crippen LogP contribution in [-0.2, 0) is 4.79 Å². The van der Waals surface area contributed by atoms with Gasteiger partial charge in [-0.25, -0.2) is 0 Å². The fourth-order valence-corrected chi connectivity index (χ4v) is 1.56. The first-order chi connectivity index (χ1) is 7.24. The molecule has 0 radical (unpaired) electrons. The van der Waals surface area contributed by atoms with Crippen LogP contribution in [0.4, 0.5) is 5.69 Å². The zero-order chi connectivity index (χ0) is 11.1. The van der Waals surface area contributed by atoms with E-state index in [0.717, 1.165) is 11.4 Å². The van der Waals surface area contributed by atoms with Gasteiger partial charge in [0.1, 0.15) is 0 Å². The van der Waals surface area contributed by atoms with Gasteiger partial charge in [-0.1, -0.05) is 25.1 Å². The highest BCUT2D eigenvalue weighted by Crippen LogP contribution is 2.08. The number of hydrogen-bond acceptors (Lipinski definition) is 4. The molecule has 0 spiro atoms. The SMILES string of the molecule is CCS/C(=N/Nc1ccccc1)C(C)=O. The van der Waals surface area contributed by atoms with Gasteiger partial charge in [0.2, 0.25) is 0 Å². The van der Waals surface area contributed by atoms with E-state index in [1.807, 2.05) is 37.3 Å². The van der Waals surface area contributed by atoms with E-state index in [2.05, 4.69) is 10.5 Å². The topological polar surface area (TPSA) is 41.5 Å². The molecule has 1 aromatic carbocycles. The summed E-state index contributed by atoms with van der Waals surface area (Å²) in [7, 11) is 0. The molecule has 0 aliphatic heterocycles. The number of hydrogen-bond donors (Lipinski definition) is 1. The highest BCUT2D eigenvalue weighted by atomic mass is 32.2. The normalized spacial score (nSPS) is 11.2. The molecule has 15 heavy (non-hydrogen) atoms. The Bertz CT molecular complexity index is 349. The standard InChI is InChI=1S/C11H14N2OS/c1-3-15-11(9(2)14)13-12-10-7-5-4-6-8-10/h4-8,12H,3H2,1-2H3/b13-11+. The Morgan fingerprint density at radius 1 is 1.40 bits per heavy atom. The maximum absolute atomic E-state index is 11.2. The van der Waals surface area contributed by atoms with Crippen LogP contribution >= 0.6 is 11.8 Å². The molecule has 0 unspecified atom stereocenters. The van der Waals surface area contributed by atoms with Crippen molar-refractivity contribution in [2.24, 2.45) is 5.10 Å². The highest BCUT2D eigenvalue weighted by Gasteiger charge is 2.04. The second-order valence-corrected chi connectivity index (χ2v) is 4.14. The van der Waals surface area contributed by atoms with Crippen LogP contribution in [0, 0.1) is 0 Å². The molecule has 0 fully saturated rings. The molecule has 0 saturated carbocycles. The van der Waals surface area contributed by atoms with Crippen molar-refractivity contribution in [1.82, 2.24) is 0 Å². The molecule has 4 heteroatoms. The number of hydrazone groups is 1. The van der Waals surface area contributed by atoms with E-state index in [1.165, 1.54) is 18.7 Å². The molecular formula is C11H14N2OS. The number of carbonyl (C=O) groups is 1. The number of para-hydroxylation sites is 1. The van der Waals surface area contributed by atoms with E-state index in [1.54, 1.807) is 0 Å². The van der Waals surface area contributed by atoms with Crippen LogP contribution in [0.15, 0.2) is 35.4 Å². The number of benzene rings is 1. The van der Waals surface area contributed by atoms with Gasteiger partial charge in [-0.05, 0) is 17.9 Å². The molecular weight excluding hydrogens is 208 g/mol. The van der Waals surface area contributed by atoms with E-state index >= 15 is 0 Å². The number of thioether (sulfide) groups is 1. The summed E-state index contributed by atoms with van der Waals surface area (Å²) < 4.78 is 0. The molecule has 0 saturated heterocycles. The van der Waals surface area contributed by atoms with E-state index in [4.69, 9.17) is 0 Å². The number of anilines is 1. The van der Waals surface area contributed by atoms with Crippen LogP contribution < -0.4 is 5.43 Å². The third-order valence-electron chi connectivity index (χ3n) is 1.64. The third kappa shape index (κ3) is 4.16. The summed E-state index contributed by atoms with van der Waals surface area (Å²) in [6.45, 7) is 3.51. The Morgan fingerprint density at radius 2 is 2.07 bits per heavy atom. The molecule has 1 N–H and O–H groups in total. The average molecular weight is 222 g/mol. The van der Waals surface area contributed by atoms with Crippen molar-refractivity contribution >= 4 is 28.3 Å². The van der Waals surface area contributed by atoms with Crippen molar-refractivity contribution < 1.29 is 4.79 Å². The zero-order valence-electron chi connectivity index (χ0n) is 8.86. The lowest BCUT2D eigenvalue weighted by atomic mass is 10.3. The third-order valence-corrected chi connectivity index (χ3v) is 2.58. The summed E-state index contributed by atoms with van der Waals surface area (Å²) in [5.74, 6) is 0.833. The molecule has 0 heterocycles. The highest BCUT2D eigenvalue weighted by molar-refractivity contribution is 8.15. The first kappa shape index (κ1) is 11.8. The number of rotatable bonds is 4. The van der Waals surface area contributed by atoms with Crippen LogP contribution in [-0.4, -0.2) is 16.6 Å². The Kier molecular flexibility index (Phi) is 4.90. The van der Waals surface area contributed by atoms with Crippen molar-refractivity contribution in [3.63, 3.8) is 0 Å². The minimum Gasteiger partial charge on any atom is -0.292 e. The molecule has 0 bridgehead atoms. The molecule has 0 atom stereocenters. The van der Waals surface area contributed by atoms with Gasteiger partial charge >= 0.3 is 0 Å². The van der Waals surface area contributed by atoms with Crippen molar-refractivity contribution in [1.29, 1.82) is 0 Å². The molecule has 1 rings (SSSR count). The van der Waals surface area contributed by atoms with Crippen molar-refractivity contribution in [3.05, 3.63) is 30.3 Å². The Morgan fingerprint density at radius 3 is 2.60 bits per heavy atom. The maximum atomic E-state index is 11.2. The van der Waals surface area contributed by atoms with E-state index in [-0.39, 0.29) is 5.78 Å². The smallest absolute Gasteiger partial charge is 0.186 e. The number of ketones is 1. The summed E-state index contributed by atoms with van der Waals surface area (Å²) in [5, 5.41) is 4.58. The van der Waals surface area contributed by atoms with Gasteiger partial charge in [-0.2, -0.15) is 5.10 Å². The summed E-state index contributed by atoms with van der Waals surface area (Å²) in [4.78, 5) is 11.2. The van der Waals surface area contributed by atoms with Gasteiger partial charge in [-0.3, -0.25) is 10.2 Å². The van der Waals surface area contributed by atoms with Gasteiger partial charge in [-0.15, -0.1) is 11.8 Å². The Labute approximate surface area is 94.0 Å². The first-order valence-corrected chi connectivity index (χ1v) is 5.75. The average Bonchev–Trinajstić information content (AvgIpc) is 2.25. The summed E-state index contributed by atoms with van der Waals surface area (Å²) >= 11 is 1.44. The van der Waals surface area contributed by atoms with Crippen LogP contribution in [0.5, 0.6) is 0 Å². The summed E-state index contributed by atoms with van der Waals surface area (Å²) in [6.07, 6.45) is 0. The van der Waals surface area contributed by atoms with Crippen LogP contribution in [0.25, 0.3) is 0 Å². The molecule has 0 amide bonds. The lowest BCUT2D eigenvalue weighted by Crippen LogP contribution is -2.08. The van der Waals surface area contributed by atoms with E-state index < -0.39 is 0 Å². The molecule has 80 valence electrons. The quantitative estimate of drug-likeness (QED) is 0.484. The second-order valence-electron chi connectivity index (χ2n) is 2.88. The molecule has 0 aliphatic rings. The van der Waals surface area contributed by atoms with Gasteiger partial charge in [0.25, 0.3) is 0 Å². The minimum absolute atomic E-state index is 0.00900. The number of Topliss-reactive ketones (excluding diaryl/α,β-unsaturated/α-hetero) is 1. The van der Waals surface area contributed by atoms with E-state index in [0.29, 0.717) is 5.04 Å². The summed E-state index contributed by atoms with van der Waals surface area (Å²) in [6, 6.07) is 9.56. The number of nitrogens with zero attached hydrogens (tertiary/aromatic N) is 1. The van der Waals surface area contributed by atoms with Gasteiger partial charge < -0.3 is 0 Å². The lowest BCUT2D eigenvalue weighted by Gasteiger charge is -2.02. The van der Waals surface area contributed by atoms with Gasteiger partial charge in [0.15, 0.2) is 10.8 Å². The predicted octanol–water partition coefficient (Wildman–Crippen LogP) is 2.75. The maximum Gasteiger partial charge on any atom is 0.186 e. The molecule has 0 aromatic heterocycles.